The minimum atomic E-state index is -3.95. The molecule has 5 rings (SSSR count). The molecule has 0 saturated heterocycles. The maximum absolute atomic E-state index is 13.7. The fourth-order valence-electron chi connectivity index (χ4n) is 4.29. The summed E-state index contributed by atoms with van der Waals surface area (Å²) in [6, 6.07) is 20.6. The van der Waals surface area contributed by atoms with Crippen LogP contribution < -0.4 is 9.92 Å². The molecule has 37 heavy (non-hydrogen) atoms. The van der Waals surface area contributed by atoms with Crippen LogP contribution in [0.1, 0.15) is 13.8 Å². The van der Waals surface area contributed by atoms with Crippen LogP contribution in [0, 0.1) is 11.7 Å². The number of nitrogens with zero attached hydrogens (tertiary/aromatic N) is 4. The van der Waals surface area contributed by atoms with E-state index in [-0.39, 0.29) is 5.88 Å². The summed E-state index contributed by atoms with van der Waals surface area (Å²) in [6.07, 6.45) is 0.975. The van der Waals surface area contributed by atoms with Crippen molar-refractivity contribution in [1.82, 2.24) is 19.3 Å². The van der Waals surface area contributed by atoms with Gasteiger partial charge in [0.15, 0.2) is 0 Å². The zero-order chi connectivity index (χ0) is 26.3. The second kappa shape index (κ2) is 9.36. The van der Waals surface area contributed by atoms with Gasteiger partial charge in [-0.3, -0.25) is 0 Å². The Balaban J connectivity index is 1.83. The molecule has 10 heteroatoms. The molecule has 0 radical (unpaired) electrons. The number of fused-ring (bicyclic) bond motifs is 1. The van der Waals surface area contributed by atoms with Crippen molar-refractivity contribution >= 4 is 27.1 Å². The zero-order valence-corrected chi connectivity index (χ0v) is 21.4. The summed E-state index contributed by atoms with van der Waals surface area (Å²) in [5.74, 6) is 0.300. The maximum Gasteiger partial charge on any atom is 0.307 e. The van der Waals surface area contributed by atoms with Crippen LogP contribution in [-0.4, -0.2) is 34.0 Å². The molecule has 0 bridgehead atoms. The van der Waals surface area contributed by atoms with Gasteiger partial charge < -0.3 is 14.5 Å². The Bertz CT molecular complexity index is 1690. The number of nitrogen functional groups attached to an aromatic ring is 1. The standard InChI is InChI=1S/C27H26FN5O3S/c1-17(2)16-32-23-15-19(9-14-22(23)30-27(32)29)24-25(18-7-5-4-6-8-18)31-33(26(24)36-37(3,34)35)21-12-10-20(28)11-13-21/h4-15,17H,16H2,1-3H3,(H2,29,30). The van der Waals surface area contributed by atoms with E-state index in [1.54, 1.807) is 0 Å². The first-order chi connectivity index (χ1) is 17.6. The first-order valence-electron chi connectivity index (χ1n) is 11.7. The van der Waals surface area contributed by atoms with Gasteiger partial charge in [0.05, 0.1) is 28.5 Å². The van der Waals surface area contributed by atoms with Gasteiger partial charge in [-0.25, -0.2) is 9.37 Å². The van der Waals surface area contributed by atoms with Gasteiger partial charge in [-0.15, -0.1) is 0 Å². The van der Waals surface area contributed by atoms with Crippen LogP contribution in [0.15, 0.2) is 72.8 Å². The minimum Gasteiger partial charge on any atom is -0.369 e. The van der Waals surface area contributed by atoms with Crippen LogP contribution in [0.4, 0.5) is 10.3 Å². The van der Waals surface area contributed by atoms with E-state index < -0.39 is 15.9 Å². The van der Waals surface area contributed by atoms with E-state index in [9.17, 15) is 12.8 Å². The third kappa shape index (κ3) is 4.92. The highest BCUT2D eigenvalue weighted by Gasteiger charge is 2.26. The lowest BCUT2D eigenvalue weighted by molar-refractivity contribution is 0.472. The highest BCUT2D eigenvalue weighted by atomic mass is 32.2. The molecule has 0 fully saturated rings. The molecule has 2 heterocycles. The molecule has 0 amide bonds. The van der Waals surface area contributed by atoms with Crippen molar-refractivity contribution in [3.8, 4) is 34.0 Å². The number of hydrogen-bond donors (Lipinski definition) is 1. The van der Waals surface area contributed by atoms with Crippen molar-refractivity contribution in [2.75, 3.05) is 12.0 Å². The molecule has 3 aromatic carbocycles. The molecule has 0 aliphatic carbocycles. The van der Waals surface area contributed by atoms with Crippen molar-refractivity contribution < 1.29 is 17.0 Å². The smallest absolute Gasteiger partial charge is 0.307 e. The van der Waals surface area contributed by atoms with Gasteiger partial charge >= 0.3 is 10.1 Å². The summed E-state index contributed by atoms with van der Waals surface area (Å²) in [4.78, 5) is 4.48. The van der Waals surface area contributed by atoms with E-state index in [2.05, 4.69) is 18.8 Å². The second-order valence-electron chi connectivity index (χ2n) is 9.25. The summed E-state index contributed by atoms with van der Waals surface area (Å²) < 4.78 is 47.4. The summed E-state index contributed by atoms with van der Waals surface area (Å²) in [5, 5.41) is 4.75. The molecule has 2 N–H and O–H groups in total. The number of nitrogens with two attached hydrogens (primary N) is 1. The van der Waals surface area contributed by atoms with E-state index >= 15 is 0 Å². The predicted molar refractivity (Wildman–Crippen MR) is 142 cm³/mol. The van der Waals surface area contributed by atoms with Crippen LogP contribution >= 0.6 is 0 Å². The lowest BCUT2D eigenvalue weighted by Gasteiger charge is -2.12. The van der Waals surface area contributed by atoms with Crippen LogP contribution in [-0.2, 0) is 16.7 Å². The van der Waals surface area contributed by atoms with Gasteiger partial charge in [0.25, 0.3) is 0 Å². The van der Waals surface area contributed by atoms with Crippen molar-refractivity contribution in [2.45, 2.75) is 20.4 Å². The molecule has 0 unspecified atom stereocenters. The Morgan fingerprint density at radius 2 is 1.70 bits per heavy atom. The SMILES string of the molecule is CC(C)Cn1c(N)nc2ccc(-c3c(-c4ccccc4)nn(-c4ccc(F)cc4)c3OS(C)(=O)=O)cc21. The number of anilines is 1. The number of rotatable bonds is 7. The Hall–Kier alpha value is -4.18. The highest BCUT2D eigenvalue weighted by molar-refractivity contribution is 7.86. The fourth-order valence-corrected chi connectivity index (χ4v) is 4.73. The second-order valence-corrected chi connectivity index (χ2v) is 10.8. The monoisotopic (exact) mass is 519 g/mol. The summed E-state index contributed by atoms with van der Waals surface area (Å²) in [7, 11) is -3.95. The van der Waals surface area contributed by atoms with Crippen LogP contribution in [0.5, 0.6) is 5.88 Å². The number of imidazole rings is 1. The van der Waals surface area contributed by atoms with Gasteiger partial charge in [-0.05, 0) is 47.9 Å². The molecule has 0 spiro atoms. The first kappa shape index (κ1) is 24.5. The van der Waals surface area contributed by atoms with E-state index in [1.807, 2.05) is 53.1 Å². The zero-order valence-electron chi connectivity index (χ0n) is 20.6. The number of hydrogen-bond acceptors (Lipinski definition) is 6. The average molecular weight is 520 g/mol. The fraction of sp³-hybridized carbons (Fsp3) is 0.185. The van der Waals surface area contributed by atoms with Gasteiger partial charge in [-0.1, -0.05) is 50.2 Å². The molecule has 5 aromatic rings. The maximum atomic E-state index is 13.7. The number of aromatic nitrogens is 4. The molecular weight excluding hydrogens is 493 g/mol. The van der Waals surface area contributed by atoms with Crippen molar-refractivity contribution in [3.63, 3.8) is 0 Å². The Labute approximate surface area is 214 Å². The predicted octanol–water partition coefficient (Wildman–Crippen LogP) is 5.27. The molecule has 0 aliphatic rings. The third-order valence-electron chi connectivity index (χ3n) is 5.81. The molecule has 0 atom stereocenters. The lowest BCUT2D eigenvalue weighted by Crippen LogP contribution is -2.10. The van der Waals surface area contributed by atoms with Crippen molar-refractivity contribution in [3.05, 3.63) is 78.6 Å². The van der Waals surface area contributed by atoms with Gasteiger partial charge in [0.1, 0.15) is 11.5 Å². The number of halogens is 1. The lowest BCUT2D eigenvalue weighted by atomic mass is 10.0. The summed E-state index contributed by atoms with van der Waals surface area (Å²) in [6.45, 7) is 4.85. The van der Waals surface area contributed by atoms with Gasteiger partial charge in [-0.2, -0.15) is 18.2 Å². The highest BCUT2D eigenvalue weighted by Crippen LogP contribution is 2.42. The van der Waals surface area contributed by atoms with E-state index in [4.69, 9.17) is 15.0 Å². The Kier molecular flexibility index (Phi) is 6.20. The van der Waals surface area contributed by atoms with Crippen molar-refractivity contribution in [1.29, 1.82) is 0 Å². The Morgan fingerprint density at radius 3 is 2.35 bits per heavy atom. The van der Waals surface area contributed by atoms with Crippen molar-refractivity contribution in [2.24, 2.45) is 5.92 Å². The van der Waals surface area contributed by atoms with Gasteiger partial charge in [0.2, 0.25) is 11.8 Å². The number of benzene rings is 3. The summed E-state index contributed by atoms with van der Waals surface area (Å²) >= 11 is 0. The van der Waals surface area contributed by atoms with E-state index in [0.717, 1.165) is 22.9 Å². The van der Waals surface area contributed by atoms with E-state index in [1.165, 1.54) is 28.9 Å². The molecule has 8 nitrogen and oxygen atoms in total. The first-order valence-corrected chi connectivity index (χ1v) is 13.5. The quantitative estimate of drug-likeness (QED) is 0.294. The molecular formula is C27H26FN5O3S. The third-order valence-corrected chi connectivity index (χ3v) is 6.27. The van der Waals surface area contributed by atoms with Crippen LogP contribution in [0.25, 0.3) is 39.1 Å². The largest absolute Gasteiger partial charge is 0.369 e. The molecule has 0 aliphatic heterocycles. The van der Waals surface area contributed by atoms with Crippen LogP contribution in [0.3, 0.4) is 0 Å². The minimum absolute atomic E-state index is 0.00444. The normalized spacial score (nSPS) is 11.9. The van der Waals surface area contributed by atoms with E-state index in [0.29, 0.717) is 40.9 Å². The van der Waals surface area contributed by atoms with Crippen LogP contribution in [0.2, 0.25) is 0 Å². The molecule has 0 saturated carbocycles. The van der Waals surface area contributed by atoms with Gasteiger partial charge in [0, 0.05) is 12.1 Å². The summed E-state index contributed by atoms with van der Waals surface area (Å²) in [5.41, 5.74) is 10.6. The molecule has 190 valence electrons. The Morgan fingerprint density at radius 1 is 1.00 bits per heavy atom. The molecule has 2 aromatic heterocycles. The average Bonchev–Trinajstić information content (AvgIpc) is 3.36. The topological polar surface area (TPSA) is 105 Å².